The first-order chi connectivity index (χ1) is 5.68. The van der Waals surface area contributed by atoms with E-state index in [9.17, 15) is 4.79 Å². The molecule has 4 nitrogen and oxygen atoms in total. The summed E-state index contributed by atoms with van der Waals surface area (Å²) in [5, 5.41) is 3.56. The van der Waals surface area contributed by atoms with Crippen LogP contribution in [0.25, 0.3) is 0 Å². The molecule has 68 valence electrons. The molecule has 0 aromatic heterocycles. The van der Waals surface area contributed by atoms with Crippen LogP contribution in [0.15, 0.2) is 5.16 Å². The second-order valence-corrected chi connectivity index (χ2v) is 3.17. The SMILES string of the molecule is CC(=O)O/N=C\C1CCC(N)C1. The molecule has 0 aromatic rings. The summed E-state index contributed by atoms with van der Waals surface area (Å²) in [6, 6.07) is 0.291. The highest BCUT2D eigenvalue weighted by Gasteiger charge is 2.19. The van der Waals surface area contributed by atoms with Gasteiger partial charge in [0.15, 0.2) is 0 Å². The molecule has 2 N–H and O–H groups in total. The number of hydrogen-bond donors (Lipinski definition) is 1. The molecule has 1 aliphatic rings. The Morgan fingerprint density at radius 3 is 2.92 bits per heavy atom. The quantitative estimate of drug-likeness (QED) is 0.376. The molecule has 1 aliphatic carbocycles. The van der Waals surface area contributed by atoms with Gasteiger partial charge in [0.05, 0.1) is 0 Å². The average molecular weight is 170 g/mol. The number of oxime groups is 1. The summed E-state index contributed by atoms with van der Waals surface area (Å²) in [7, 11) is 0. The van der Waals surface area contributed by atoms with Gasteiger partial charge >= 0.3 is 5.97 Å². The molecule has 0 heterocycles. The maximum atomic E-state index is 10.3. The van der Waals surface area contributed by atoms with Crippen molar-refractivity contribution in [1.29, 1.82) is 0 Å². The van der Waals surface area contributed by atoms with Gasteiger partial charge in [-0.25, -0.2) is 4.79 Å². The summed E-state index contributed by atoms with van der Waals surface area (Å²) >= 11 is 0. The van der Waals surface area contributed by atoms with Crippen LogP contribution in [0.3, 0.4) is 0 Å². The largest absolute Gasteiger partial charge is 0.331 e. The van der Waals surface area contributed by atoms with E-state index in [4.69, 9.17) is 5.73 Å². The lowest BCUT2D eigenvalue weighted by atomic mass is 10.1. The molecule has 2 unspecified atom stereocenters. The van der Waals surface area contributed by atoms with E-state index in [2.05, 4.69) is 9.99 Å². The van der Waals surface area contributed by atoms with Gasteiger partial charge in [-0.1, -0.05) is 5.16 Å². The van der Waals surface area contributed by atoms with Crippen molar-refractivity contribution in [2.24, 2.45) is 16.8 Å². The first-order valence-electron chi connectivity index (χ1n) is 4.15. The Labute approximate surface area is 71.8 Å². The zero-order valence-electron chi connectivity index (χ0n) is 7.19. The fourth-order valence-electron chi connectivity index (χ4n) is 1.38. The van der Waals surface area contributed by atoms with Crippen LogP contribution < -0.4 is 5.73 Å². The molecule has 1 saturated carbocycles. The molecule has 1 fully saturated rings. The average Bonchev–Trinajstić information content (AvgIpc) is 2.35. The van der Waals surface area contributed by atoms with Crippen LogP contribution in [0, 0.1) is 5.92 Å². The maximum Gasteiger partial charge on any atom is 0.331 e. The van der Waals surface area contributed by atoms with Crippen LogP contribution >= 0.6 is 0 Å². The van der Waals surface area contributed by atoms with Crippen LogP contribution in [0.1, 0.15) is 26.2 Å². The van der Waals surface area contributed by atoms with Crippen LogP contribution in [0.2, 0.25) is 0 Å². The summed E-state index contributed by atoms with van der Waals surface area (Å²) in [5.41, 5.74) is 5.69. The molecule has 4 heteroatoms. The van der Waals surface area contributed by atoms with Crippen LogP contribution in [-0.4, -0.2) is 18.2 Å². The molecule has 0 bridgehead atoms. The Kier molecular flexibility index (Phi) is 3.22. The van der Waals surface area contributed by atoms with Gasteiger partial charge in [0.25, 0.3) is 0 Å². The Morgan fingerprint density at radius 1 is 1.67 bits per heavy atom. The van der Waals surface area contributed by atoms with E-state index in [1.54, 1.807) is 6.21 Å². The van der Waals surface area contributed by atoms with Crippen molar-refractivity contribution in [2.75, 3.05) is 0 Å². The van der Waals surface area contributed by atoms with Gasteiger partial charge in [0.2, 0.25) is 0 Å². The van der Waals surface area contributed by atoms with E-state index in [1.807, 2.05) is 0 Å². The molecular weight excluding hydrogens is 156 g/mol. The minimum absolute atomic E-state index is 0.291. The number of carbonyl (C=O) groups is 1. The summed E-state index contributed by atoms with van der Waals surface area (Å²) < 4.78 is 0. The van der Waals surface area contributed by atoms with Crippen LogP contribution in [0.4, 0.5) is 0 Å². The van der Waals surface area contributed by atoms with Gasteiger partial charge in [-0.05, 0) is 25.2 Å². The lowest BCUT2D eigenvalue weighted by Gasteiger charge is -1.99. The molecular formula is C8H14N2O2. The van der Waals surface area contributed by atoms with Gasteiger partial charge in [-0.3, -0.25) is 0 Å². The molecule has 2 atom stereocenters. The third-order valence-electron chi connectivity index (χ3n) is 1.97. The van der Waals surface area contributed by atoms with Gasteiger partial charge < -0.3 is 10.6 Å². The minimum Gasteiger partial charge on any atom is -0.328 e. The Morgan fingerprint density at radius 2 is 2.42 bits per heavy atom. The molecule has 0 spiro atoms. The van der Waals surface area contributed by atoms with Gasteiger partial charge in [0.1, 0.15) is 0 Å². The summed E-state index contributed by atoms with van der Waals surface area (Å²) in [4.78, 5) is 14.7. The summed E-state index contributed by atoms with van der Waals surface area (Å²) in [5.74, 6) is 0.00731. The monoisotopic (exact) mass is 170 g/mol. The van der Waals surface area contributed by atoms with Crippen LogP contribution in [0.5, 0.6) is 0 Å². The summed E-state index contributed by atoms with van der Waals surface area (Å²) in [6.07, 6.45) is 4.71. The van der Waals surface area contributed by atoms with E-state index < -0.39 is 0 Å². The summed E-state index contributed by atoms with van der Waals surface area (Å²) in [6.45, 7) is 1.33. The highest BCUT2D eigenvalue weighted by molar-refractivity contribution is 5.67. The van der Waals surface area contributed by atoms with Crippen molar-refractivity contribution < 1.29 is 9.63 Å². The van der Waals surface area contributed by atoms with Gasteiger partial charge in [-0.2, -0.15) is 0 Å². The molecule has 0 radical (unpaired) electrons. The zero-order valence-corrected chi connectivity index (χ0v) is 7.19. The van der Waals surface area contributed by atoms with E-state index in [0.29, 0.717) is 12.0 Å². The fraction of sp³-hybridized carbons (Fsp3) is 0.750. The molecule has 12 heavy (non-hydrogen) atoms. The second kappa shape index (κ2) is 4.21. The molecule has 0 amide bonds. The van der Waals surface area contributed by atoms with E-state index in [-0.39, 0.29) is 5.97 Å². The normalized spacial score (nSPS) is 29.5. The Hall–Kier alpha value is -0.900. The van der Waals surface area contributed by atoms with Crippen molar-refractivity contribution in [2.45, 2.75) is 32.2 Å². The first-order valence-corrected chi connectivity index (χ1v) is 4.15. The highest BCUT2D eigenvalue weighted by atomic mass is 16.7. The molecule has 1 rings (SSSR count). The lowest BCUT2D eigenvalue weighted by molar-refractivity contribution is -0.140. The highest BCUT2D eigenvalue weighted by Crippen LogP contribution is 2.22. The van der Waals surface area contributed by atoms with Crippen LogP contribution in [-0.2, 0) is 9.63 Å². The number of carbonyl (C=O) groups excluding carboxylic acids is 1. The third-order valence-corrected chi connectivity index (χ3v) is 1.97. The maximum absolute atomic E-state index is 10.3. The lowest BCUT2D eigenvalue weighted by Crippen LogP contribution is -2.15. The first kappa shape index (κ1) is 9.19. The topological polar surface area (TPSA) is 64.7 Å². The minimum atomic E-state index is -0.381. The number of rotatable bonds is 2. The molecule has 0 aromatic carbocycles. The van der Waals surface area contributed by atoms with Crippen molar-refractivity contribution >= 4 is 12.2 Å². The van der Waals surface area contributed by atoms with E-state index in [0.717, 1.165) is 19.3 Å². The van der Waals surface area contributed by atoms with Crippen molar-refractivity contribution in [1.82, 2.24) is 0 Å². The standard InChI is InChI=1S/C8H14N2O2/c1-6(11)12-10-5-7-2-3-8(9)4-7/h5,7-8H,2-4,9H2,1H3/b10-5-. The van der Waals surface area contributed by atoms with E-state index >= 15 is 0 Å². The second-order valence-electron chi connectivity index (χ2n) is 3.17. The van der Waals surface area contributed by atoms with Gasteiger partial charge in [0, 0.05) is 19.2 Å². The van der Waals surface area contributed by atoms with Crippen molar-refractivity contribution in [3.8, 4) is 0 Å². The molecule has 0 aliphatic heterocycles. The predicted octanol–water partition coefficient (Wildman–Crippen LogP) is 0.663. The smallest absolute Gasteiger partial charge is 0.328 e. The fourth-order valence-corrected chi connectivity index (χ4v) is 1.38. The Balaban J connectivity index is 2.22. The number of nitrogens with zero attached hydrogens (tertiary/aromatic N) is 1. The zero-order chi connectivity index (χ0) is 8.97. The van der Waals surface area contributed by atoms with E-state index in [1.165, 1.54) is 6.92 Å². The van der Waals surface area contributed by atoms with Crippen molar-refractivity contribution in [3.63, 3.8) is 0 Å². The number of hydrogen-bond acceptors (Lipinski definition) is 4. The molecule has 0 saturated heterocycles. The Bertz CT molecular complexity index is 191. The number of nitrogens with two attached hydrogens (primary N) is 1. The predicted molar refractivity (Wildman–Crippen MR) is 45.6 cm³/mol. The third kappa shape index (κ3) is 3.00. The van der Waals surface area contributed by atoms with Gasteiger partial charge in [-0.15, -0.1) is 0 Å². The van der Waals surface area contributed by atoms with Crippen molar-refractivity contribution in [3.05, 3.63) is 0 Å².